The van der Waals surface area contributed by atoms with Gasteiger partial charge in [0.15, 0.2) is 8.46 Å². The van der Waals surface area contributed by atoms with Crippen molar-refractivity contribution < 1.29 is 4.57 Å². The smallest absolute Gasteiger partial charge is 0.192 e. The lowest BCUT2D eigenvalue weighted by molar-refractivity contribution is 0.533. The molecule has 0 atom stereocenters. The number of hydrogen-bond donors (Lipinski definition) is 0. The molecule has 0 saturated carbocycles. The van der Waals surface area contributed by atoms with Crippen LogP contribution in [-0.4, -0.2) is 4.98 Å². The fourth-order valence-corrected chi connectivity index (χ4v) is 6.56. The van der Waals surface area contributed by atoms with Crippen LogP contribution in [0.5, 0.6) is 0 Å². The molecule has 0 aliphatic carbocycles. The Bertz CT molecular complexity index is 676. The third-order valence-corrected chi connectivity index (χ3v) is 9.38. The van der Waals surface area contributed by atoms with Gasteiger partial charge in [0.1, 0.15) is 0 Å². The lowest BCUT2D eigenvalue weighted by Gasteiger charge is -2.11. The Hall–Kier alpha value is -0.750. The molecular weight excluding hydrogens is 505 g/mol. The summed E-state index contributed by atoms with van der Waals surface area (Å²) in [5.74, 6) is 0. The summed E-state index contributed by atoms with van der Waals surface area (Å²) in [4.78, 5) is 4.73. The maximum absolute atomic E-state index is 11.8. The van der Waals surface area contributed by atoms with Gasteiger partial charge in [-0.2, -0.15) is 0 Å². The van der Waals surface area contributed by atoms with E-state index in [1.165, 1.54) is 191 Å². The molecule has 0 saturated heterocycles. The number of unbranched alkanes of at least 4 members (excludes halogenated alkanes) is 26. The lowest BCUT2D eigenvalue weighted by atomic mass is 9.99. The van der Waals surface area contributed by atoms with Gasteiger partial charge in [0.25, 0.3) is 0 Å². The molecule has 1 rings (SSSR count). The summed E-state index contributed by atoms with van der Waals surface area (Å²) < 4.78 is 11.8. The van der Waals surface area contributed by atoms with E-state index in [0.717, 1.165) is 18.1 Å². The highest BCUT2D eigenvalue weighted by molar-refractivity contribution is 7.34. The molecule has 1 aromatic rings. The normalized spacial score (nSPS) is 11.6. The van der Waals surface area contributed by atoms with Gasteiger partial charge in [-0.3, -0.25) is 9.55 Å². The zero-order chi connectivity index (χ0) is 28.8. The van der Waals surface area contributed by atoms with Crippen LogP contribution >= 0.6 is 8.46 Å². The maximum Gasteiger partial charge on any atom is 0.192 e. The van der Waals surface area contributed by atoms with Crippen molar-refractivity contribution in [3.05, 3.63) is 23.5 Å². The Morgan fingerprint density at radius 3 is 1.15 bits per heavy atom. The van der Waals surface area contributed by atoms with Crippen LogP contribution in [0.3, 0.4) is 0 Å². The van der Waals surface area contributed by atoms with Gasteiger partial charge in [0.2, 0.25) is 0 Å². The highest BCUT2D eigenvalue weighted by Crippen LogP contribution is 2.18. The van der Waals surface area contributed by atoms with Gasteiger partial charge >= 0.3 is 0 Å². The first kappa shape index (κ1) is 37.3. The molecule has 3 heteroatoms. The molecule has 1 heterocycles. The summed E-state index contributed by atoms with van der Waals surface area (Å²) in [5.41, 5.74) is 2.50. The minimum Gasteiger partial charge on any atom is -0.269 e. The summed E-state index contributed by atoms with van der Waals surface area (Å²) in [5, 5.41) is 0.977. The van der Waals surface area contributed by atoms with E-state index in [0.29, 0.717) is 0 Å². The standard InChI is InChI=1S/C37H68NOP/c1-3-5-7-9-11-13-15-17-19-21-23-25-27-29-31-35-36(38-34-33-37(35)40-39)32-30-28-26-24-22-20-18-16-14-12-10-8-6-4-2/h33-34H,3-32H2,1-2H3. The Balaban J connectivity index is 2.06. The third-order valence-electron chi connectivity index (χ3n) is 8.77. The predicted molar refractivity (Wildman–Crippen MR) is 180 cm³/mol. The molecule has 0 N–H and O–H groups in total. The van der Waals surface area contributed by atoms with Crippen LogP contribution in [0.2, 0.25) is 0 Å². The first-order chi connectivity index (χ1) is 19.8. The van der Waals surface area contributed by atoms with Crippen LogP contribution in [0.25, 0.3) is 0 Å². The summed E-state index contributed by atoms with van der Waals surface area (Å²) in [6.45, 7) is 4.59. The van der Waals surface area contributed by atoms with Gasteiger partial charge in [-0.05, 0) is 37.3 Å². The zero-order valence-corrected chi connectivity index (χ0v) is 28.1. The topological polar surface area (TPSA) is 30.0 Å². The second kappa shape index (κ2) is 29.7. The summed E-state index contributed by atoms with van der Waals surface area (Å²) in [6, 6.07) is 1.96. The van der Waals surface area contributed by atoms with Gasteiger partial charge in [0, 0.05) is 17.2 Å². The minimum atomic E-state index is 0.160. The largest absolute Gasteiger partial charge is 0.269 e. The van der Waals surface area contributed by atoms with Gasteiger partial charge in [-0.15, -0.1) is 0 Å². The van der Waals surface area contributed by atoms with Gasteiger partial charge < -0.3 is 0 Å². The van der Waals surface area contributed by atoms with Gasteiger partial charge in [-0.1, -0.05) is 181 Å². The molecule has 0 fully saturated rings. The van der Waals surface area contributed by atoms with Crippen LogP contribution in [-0.2, 0) is 17.4 Å². The van der Waals surface area contributed by atoms with Crippen molar-refractivity contribution in [2.45, 2.75) is 206 Å². The van der Waals surface area contributed by atoms with Crippen LogP contribution in [0.4, 0.5) is 0 Å². The Kier molecular flexibility index (Phi) is 27.7. The maximum atomic E-state index is 11.8. The highest BCUT2D eigenvalue weighted by atomic mass is 31.1. The van der Waals surface area contributed by atoms with Crippen LogP contribution in [0, 0.1) is 0 Å². The quantitative estimate of drug-likeness (QED) is 0.0653. The molecule has 2 nitrogen and oxygen atoms in total. The van der Waals surface area contributed by atoms with Crippen LogP contribution in [0.1, 0.15) is 205 Å². The molecule has 0 aliphatic heterocycles. The molecule has 1 aromatic heterocycles. The minimum absolute atomic E-state index is 0.160. The van der Waals surface area contributed by atoms with Crippen LogP contribution in [0.15, 0.2) is 12.3 Å². The zero-order valence-electron chi connectivity index (χ0n) is 27.2. The van der Waals surface area contributed by atoms with E-state index in [4.69, 9.17) is 4.98 Å². The summed E-state index contributed by atoms with van der Waals surface area (Å²) in [6.07, 6.45) is 42.9. The summed E-state index contributed by atoms with van der Waals surface area (Å²) in [7, 11) is 0.160. The fourth-order valence-electron chi connectivity index (χ4n) is 6.08. The van der Waals surface area contributed by atoms with E-state index < -0.39 is 0 Å². The SMILES string of the molecule is CCCCCCCCCCCCCCCCc1nccc(P=O)c1CCCCCCCCCCCCCCCC. The number of hydrogen-bond acceptors (Lipinski definition) is 2. The van der Waals surface area contributed by atoms with Crippen LogP contribution < -0.4 is 5.30 Å². The first-order valence-electron chi connectivity index (χ1n) is 18.1. The molecule has 0 spiro atoms. The van der Waals surface area contributed by atoms with Crippen molar-refractivity contribution >= 4 is 13.8 Å². The average Bonchev–Trinajstić information content (AvgIpc) is 2.97. The van der Waals surface area contributed by atoms with Crippen molar-refractivity contribution in [3.63, 3.8) is 0 Å². The lowest BCUT2D eigenvalue weighted by Crippen LogP contribution is -2.10. The molecule has 0 aromatic carbocycles. The fraction of sp³-hybridized carbons (Fsp3) is 0.865. The first-order valence-corrected chi connectivity index (χ1v) is 18.9. The Morgan fingerprint density at radius 1 is 0.475 bits per heavy atom. The van der Waals surface area contributed by atoms with Gasteiger partial charge in [-0.25, -0.2) is 0 Å². The van der Waals surface area contributed by atoms with Crippen molar-refractivity contribution in [3.8, 4) is 0 Å². The predicted octanol–water partition coefficient (Wildman–Crippen LogP) is 13.0. The van der Waals surface area contributed by atoms with E-state index in [1.807, 2.05) is 12.3 Å². The molecule has 0 bridgehead atoms. The average molecular weight is 574 g/mol. The third kappa shape index (κ3) is 21.9. The van der Waals surface area contributed by atoms with E-state index in [-0.39, 0.29) is 8.46 Å². The monoisotopic (exact) mass is 574 g/mol. The number of nitrogens with zero attached hydrogens (tertiary/aromatic N) is 1. The second-order valence-corrected chi connectivity index (χ2v) is 13.2. The molecule has 0 unspecified atom stereocenters. The molecular formula is C37H68NOP. The molecule has 0 radical (unpaired) electrons. The van der Waals surface area contributed by atoms with E-state index in [9.17, 15) is 4.57 Å². The van der Waals surface area contributed by atoms with Crippen molar-refractivity contribution in [2.75, 3.05) is 0 Å². The van der Waals surface area contributed by atoms with E-state index >= 15 is 0 Å². The summed E-state index contributed by atoms with van der Waals surface area (Å²) >= 11 is 0. The van der Waals surface area contributed by atoms with Gasteiger partial charge in [0.05, 0.1) is 0 Å². The van der Waals surface area contributed by atoms with Crippen molar-refractivity contribution in [2.24, 2.45) is 0 Å². The molecule has 40 heavy (non-hydrogen) atoms. The second-order valence-electron chi connectivity index (χ2n) is 12.5. The number of pyridine rings is 1. The van der Waals surface area contributed by atoms with E-state index in [2.05, 4.69) is 13.8 Å². The highest BCUT2D eigenvalue weighted by Gasteiger charge is 2.10. The molecule has 0 amide bonds. The van der Waals surface area contributed by atoms with Crippen molar-refractivity contribution in [1.29, 1.82) is 0 Å². The molecule has 0 aliphatic rings. The number of aryl methyl sites for hydroxylation is 1. The Morgan fingerprint density at radius 2 is 0.800 bits per heavy atom. The number of rotatable bonds is 31. The number of aromatic nitrogens is 1. The Labute approximate surface area is 252 Å². The van der Waals surface area contributed by atoms with E-state index in [1.54, 1.807) is 0 Å². The van der Waals surface area contributed by atoms with Crippen molar-refractivity contribution in [1.82, 2.24) is 4.98 Å². The molecule has 232 valence electrons.